The fourth-order valence-electron chi connectivity index (χ4n) is 5.02. The van der Waals surface area contributed by atoms with Gasteiger partial charge in [-0.1, -0.05) is 51.8 Å². The number of hydrogen-bond acceptors (Lipinski definition) is 3. The minimum Gasteiger partial charge on any atom is -0.390 e. The first-order valence-corrected chi connectivity index (χ1v) is 12.0. The van der Waals surface area contributed by atoms with Crippen molar-refractivity contribution in [3.05, 3.63) is 104 Å². The highest BCUT2D eigenvalue weighted by Crippen LogP contribution is 2.44. The molecule has 1 aliphatic heterocycles. The second kappa shape index (κ2) is 9.56. The molecule has 0 bridgehead atoms. The van der Waals surface area contributed by atoms with Gasteiger partial charge in [0.05, 0.1) is 23.3 Å². The summed E-state index contributed by atoms with van der Waals surface area (Å²) >= 11 is 9.51. The van der Waals surface area contributed by atoms with Crippen LogP contribution < -0.4 is 0 Å². The molecule has 1 saturated heterocycles. The van der Waals surface area contributed by atoms with Gasteiger partial charge in [-0.15, -0.1) is 0 Å². The van der Waals surface area contributed by atoms with Crippen LogP contribution >= 0.6 is 27.5 Å². The Morgan fingerprint density at radius 2 is 1.76 bits per heavy atom. The summed E-state index contributed by atoms with van der Waals surface area (Å²) < 4.78 is 14.8. The van der Waals surface area contributed by atoms with Gasteiger partial charge in [-0.05, 0) is 78.9 Å². The molecule has 1 heterocycles. The predicted molar refractivity (Wildman–Crippen MR) is 133 cm³/mol. The van der Waals surface area contributed by atoms with Crippen molar-refractivity contribution in [1.82, 2.24) is 4.90 Å². The number of halogens is 3. The van der Waals surface area contributed by atoms with E-state index in [4.69, 9.17) is 11.6 Å². The van der Waals surface area contributed by atoms with E-state index in [1.165, 1.54) is 12.1 Å². The van der Waals surface area contributed by atoms with Crippen LogP contribution in [0.1, 0.15) is 48.1 Å². The number of nitriles is 1. The zero-order valence-corrected chi connectivity index (χ0v) is 20.8. The molecule has 0 saturated carbocycles. The number of rotatable bonds is 6. The van der Waals surface area contributed by atoms with Crippen LogP contribution in [0.5, 0.6) is 0 Å². The molecule has 170 valence electrons. The van der Waals surface area contributed by atoms with Gasteiger partial charge in [0.1, 0.15) is 5.82 Å². The molecule has 0 amide bonds. The molecule has 0 unspecified atom stereocenters. The smallest absolute Gasteiger partial charge is 0.124 e. The molecule has 0 aliphatic carbocycles. The summed E-state index contributed by atoms with van der Waals surface area (Å²) in [7, 11) is 0. The standard InChI is InChI=1S/C27H25BrClFN2O/c1-27(2,33)25(20-11-22(28)13-24(30)12-20)21-15-32(16-21)26(18-6-8-23(29)9-7-18)19-5-3-4-17(10-19)14-31/h3-13,21,25-26,33H,15-16H2,1-2H3/t25-,26+/m1/s1. The molecule has 2 atom stereocenters. The van der Waals surface area contributed by atoms with Gasteiger partial charge in [-0.2, -0.15) is 5.26 Å². The van der Waals surface area contributed by atoms with Gasteiger partial charge in [0.2, 0.25) is 0 Å². The van der Waals surface area contributed by atoms with Gasteiger partial charge in [0, 0.05) is 28.5 Å². The van der Waals surface area contributed by atoms with Gasteiger partial charge in [-0.25, -0.2) is 4.39 Å². The Kier molecular flexibility index (Phi) is 6.93. The largest absolute Gasteiger partial charge is 0.390 e. The molecule has 1 fully saturated rings. The fraction of sp³-hybridized carbons (Fsp3) is 0.296. The monoisotopic (exact) mass is 526 g/mol. The number of nitrogens with zero attached hydrogens (tertiary/aromatic N) is 2. The molecule has 3 aromatic carbocycles. The van der Waals surface area contributed by atoms with Crippen molar-refractivity contribution >= 4 is 27.5 Å². The lowest BCUT2D eigenvalue weighted by Crippen LogP contribution is -2.54. The Bertz CT molecular complexity index is 1160. The maximum Gasteiger partial charge on any atom is 0.124 e. The average molecular weight is 528 g/mol. The molecular formula is C27H25BrClFN2O. The summed E-state index contributed by atoms with van der Waals surface area (Å²) in [4.78, 5) is 2.33. The number of benzene rings is 3. The van der Waals surface area contributed by atoms with Crippen LogP contribution in [0, 0.1) is 23.1 Å². The quantitative estimate of drug-likeness (QED) is 0.388. The van der Waals surface area contributed by atoms with Crippen molar-refractivity contribution in [3.8, 4) is 6.07 Å². The molecule has 6 heteroatoms. The zero-order chi connectivity index (χ0) is 23.8. The second-order valence-electron chi connectivity index (χ2n) is 9.24. The van der Waals surface area contributed by atoms with E-state index in [1.807, 2.05) is 48.5 Å². The summed E-state index contributed by atoms with van der Waals surface area (Å²) in [6.45, 7) is 5.03. The third kappa shape index (κ3) is 5.31. The summed E-state index contributed by atoms with van der Waals surface area (Å²) in [5, 5.41) is 21.1. The first-order chi connectivity index (χ1) is 15.7. The molecule has 3 aromatic rings. The maximum atomic E-state index is 14.2. The third-order valence-corrected chi connectivity index (χ3v) is 7.01. The van der Waals surface area contributed by atoms with Crippen LogP contribution in [0.3, 0.4) is 0 Å². The van der Waals surface area contributed by atoms with Gasteiger partial charge < -0.3 is 5.11 Å². The van der Waals surface area contributed by atoms with Gasteiger partial charge >= 0.3 is 0 Å². The van der Waals surface area contributed by atoms with Crippen LogP contribution in [-0.4, -0.2) is 28.7 Å². The summed E-state index contributed by atoms with van der Waals surface area (Å²) in [6.07, 6.45) is 0. The van der Waals surface area contributed by atoms with Gasteiger partial charge in [0.15, 0.2) is 0 Å². The highest BCUT2D eigenvalue weighted by molar-refractivity contribution is 9.10. The Hall–Kier alpha value is -2.23. The van der Waals surface area contributed by atoms with Crippen molar-refractivity contribution in [2.75, 3.05) is 13.1 Å². The fourth-order valence-corrected chi connectivity index (χ4v) is 5.63. The van der Waals surface area contributed by atoms with Crippen LogP contribution in [0.15, 0.2) is 71.2 Å². The Morgan fingerprint density at radius 3 is 2.36 bits per heavy atom. The first-order valence-electron chi connectivity index (χ1n) is 10.8. The maximum absolute atomic E-state index is 14.2. The van der Waals surface area contributed by atoms with Gasteiger partial charge in [0.25, 0.3) is 0 Å². The molecule has 4 rings (SSSR count). The normalized spacial score (nSPS) is 16.6. The molecule has 0 radical (unpaired) electrons. The Balaban J connectivity index is 1.65. The topological polar surface area (TPSA) is 47.3 Å². The van der Waals surface area contributed by atoms with Gasteiger partial charge in [-0.3, -0.25) is 4.90 Å². The lowest BCUT2D eigenvalue weighted by molar-refractivity contribution is -0.0309. The van der Waals surface area contributed by atoms with E-state index >= 15 is 0 Å². The number of likely N-dealkylation sites (tertiary alicyclic amines) is 1. The molecule has 1 N–H and O–H groups in total. The number of aliphatic hydroxyl groups is 1. The predicted octanol–water partition coefficient (Wildman–Crippen LogP) is 6.69. The summed E-state index contributed by atoms with van der Waals surface area (Å²) in [5.74, 6) is -0.401. The van der Waals surface area contributed by atoms with Crippen molar-refractivity contribution in [2.45, 2.75) is 31.4 Å². The minimum absolute atomic E-state index is 0.0477. The van der Waals surface area contributed by atoms with E-state index in [-0.39, 0.29) is 23.7 Å². The van der Waals surface area contributed by atoms with Crippen molar-refractivity contribution in [2.24, 2.45) is 5.92 Å². The zero-order valence-electron chi connectivity index (χ0n) is 18.5. The second-order valence-corrected chi connectivity index (χ2v) is 10.6. The first kappa shape index (κ1) is 23.9. The van der Waals surface area contributed by atoms with Crippen molar-refractivity contribution in [3.63, 3.8) is 0 Å². The molecular weight excluding hydrogens is 503 g/mol. The van der Waals surface area contributed by atoms with E-state index in [2.05, 4.69) is 26.9 Å². The van der Waals surface area contributed by atoms with E-state index in [0.717, 1.165) is 29.8 Å². The SMILES string of the molecule is CC(C)(O)[C@H](c1cc(F)cc(Br)c1)C1CN([C@@H](c2ccc(Cl)cc2)c2cccc(C#N)c2)C1. The van der Waals surface area contributed by atoms with Crippen LogP contribution in [0.2, 0.25) is 5.02 Å². The molecule has 33 heavy (non-hydrogen) atoms. The van der Waals surface area contributed by atoms with Crippen molar-refractivity contribution < 1.29 is 9.50 Å². The van der Waals surface area contributed by atoms with E-state index < -0.39 is 5.60 Å². The molecule has 3 nitrogen and oxygen atoms in total. The number of hydrogen-bond donors (Lipinski definition) is 1. The third-order valence-electron chi connectivity index (χ3n) is 6.30. The van der Waals surface area contributed by atoms with E-state index in [1.54, 1.807) is 19.9 Å². The van der Waals surface area contributed by atoms with Crippen molar-refractivity contribution in [1.29, 1.82) is 5.26 Å². The average Bonchev–Trinajstić information content (AvgIpc) is 2.72. The summed E-state index contributed by atoms with van der Waals surface area (Å²) in [5.41, 5.74) is 2.50. The van der Waals surface area contributed by atoms with E-state index in [9.17, 15) is 14.8 Å². The summed E-state index contributed by atoms with van der Waals surface area (Å²) in [6, 6.07) is 22.4. The lowest BCUT2D eigenvalue weighted by atomic mass is 9.71. The lowest BCUT2D eigenvalue weighted by Gasteiger charge is -2.50. The van der Waals surface area contributed by atoms with Crippen LogP contribution in [0.4, 0.5) is 4.39 Å². The highest BCUT2D eigenvalue weighted by atomic mass is 79.9. The Labute approximate surface area is 207 Å². The van der Waals surface area contributed by atoms with Crippen LogP contribution in [0.25, 0.3) is 0 Å². The Morgan fingerprint density at radius 1 is 1.06 bits per heavy atom. The van der Waals surface area contributed by atoms with Crippen LogP contribution in [-0.2, 0) is 0 Å². The molecule has 0 spiro atoms. The van der Waals surface area contributed by atoms with E-state index in [0.29, 0.717) is 15.1 Å². The highest BCUT2D eigenvalue weighted by Gasteiger charge is 2.44. The molecule has 1 aliphatic rings. The minimum atomic E-state index is -1.01. The molecule has 0 aromatic heterocycles.